The van der Waals surface area contributed by atoms with E-state index in [2.05, 4.69) is 10.2 Å². The summed E-state index contributed by atoms with van der Waals surface area (Å²) in [6.45, 7) is 2.32. The lowest BCUT2D eigenvalue weighted by atomic mass is 10.0. The topological polar surface area (TPSA) is 102 Å². The quantitative estimate of drug-likeness (QED) is 0.647. The van der Waals surface area contributed by atoms with Gasteiger partial charge in [-0.1, -0.05) is 5.10 Å². The first kappa shape index (κ1) is 18.8. The molecule has 0 spiro atoms. The summed E-state index contributed by atoms with van der Waals surface area (Å²) >= 11 is 0. The van der Waals surface area contributed by atoms with E-state index in [1.807, 2.05) is 5.32 Å². The zero-order valence-electron chi connectivity index (χ0n) is 13.0. The normalized spacial score (nSPS) is 12.3. The summed E-state index contributed by atoms with van der Waals surface area (Å²) < 4.78 is 81.7. The molecule has 0 aliphatic rings. The molecule has 0 fully saturated rings. The lowest BCUT2D eigenvalue weighted by Gasteiger charge is -2.17. The SMILES string of the molecule is Cc1nnc(NC(=O)c2c(F)cc(C(F)(F)F)c(S(C)(=O)=O)c2C)o1. The molecule has 0 aliphatic heterocycles. The lowest BCUT2D eigenvalue weighted by Crippen LogP contribution is -2.21. The number of halogens is 4. The highest BCUT2D eigenvalue weighted by Crippen LogP contribution is 2.38. The molecule has 2 rings (SSSR count). The van der Waals surface area contributed by atoms with Gasteiger partial charge in [-0.25, -0.2) is 12.8 Å². The maximum atomic E-state index is 14.1. The van der Waals surface area contributed by atoms with Gasteiger partial charge in [0.15, 0.2) is 9.84 Å². The van der Waals surface area contributed by atoms with E-state index in [0.29, 0.717) is 6.26 Å². The van der Waals surface area contributed by atoms with Crippen molar-refractivity contribution in [3.63, 3.8) is 0 Å². The Morgan fingerprint density at radius 2 is 1.84 bits per heavy atom. The van der Waals surface area contributed by atoms with E-state index in [0.717, 1.165) is 6.92 Å². The summed E-state index contributed by atoms with van der Waals surface area (Å²) in [6, 6.07) is -0.445. The molecule has 0 aliphatic carbocycles. The number of carbonyl (C=O) groups excluding carboxylic acids is 1. The monoisotopic (exact) mass is 381 g/mol. The van der Waals surface area contributed by atoms with Gasteiger partial charge in [-0.2, -0.15) is 13.2 Å². The molecule has 1 heterocycles. The fraction of sp³-hybridized carbons (Fsp3) is 0.308. The molecule has 12 heteroatoms. The first-order valence-electron chi connectivity index (χ1n) is 6.54. The van der Waals surface area contributed by atoms with Crippen LogP contribution in [0.4, 0.5) is 23.6 Å². The van der Waals surface area contributed by atoms with E-state index in [1.54, 1.807) is 0 Å². The molecule has 1 amide bonds. The van der Waals surface area contributed by atoms with Crippen LogP contribution >= 0.6 is 0 Å². The molecular weight excluding hydrogens is 370 g/mol. The van der Waals surface area contributed by atoms with Crippen LogP contribution in [0.5, 0.6) is 0 Å². The maximum Gasteiger partial charge on any atom is 0.417 e. The smallest absolute Gasteiger partial charge is 0.408 e. The van der Waals surface area contributed by atoms with E-state index in [-0.39, 0.29) is 12.0 Å². The molecule has 1 aromatic heterocycles. The van der Waals surface area contributed by atoms with Gasteiger partial charge in [-0.3, -0.25) is 10.1 Å². The van der Waals surface area contributed by atoms with Crippen molar-refractivity contribution < 1.29 is 35.2 Å². The molecule has 0 unspecified atom stereocenters. The van der Waals surface area contributed by atoms with Crippen molar-refractivity contribution in [2.75, 3.05) is 11.6 Å². The number of aryl methyl sites for hydroxylation is 1. The molecule has 0 bridgehead atoms. The van der Waals surface area contributed by atoms with Gasteiger partial charge in [0.05, 0.1) is 16.0 Å². The Bertz CT molecular complexity index is 951. The Morgan fingerprint density at radius 1 is 1.24 bits per heavy atom. The summed E-state index contributed by atoms with van der Waals surface area (Å²) in [7, 11) is -4.41. The third kappa shape index (κ3) is 3.78. The van der Waals surface area contributed by atoms with Crippen molar-refractivity contribution in [1.29, 1.82) is 0 Å². The summed E-state index contributed by atoms with van der Waals surface area (Å²) in [5.74, 6) is -2.68. The van der Waals surface area contributed by atoms with Crippen LogP contribution in [0.3, 0.4) is 0 Å². The number of anilines is 1. The minimum absolute atomic E-state index is 0.0304. The number of aromatic nitrogens is 2. The van der Waals surface area contributed by atoms with Gasteiger partial charge < -0.3 is 4.42 Å². The van der Waals surface area contributed by atoms with Crippen molar-refractivity contribution in [3.8, 4) is 0 Å². The number of amides is 1. The number of nitrogens with one attached hydrogen (secondary N) is 1. The van der Waals surface area contributed by atoms with Gasteiger partial charge in [0, 0.05) is 13.2 Å². The standard InChI is InChI=1S/C13H11F4N3O4S/c1-5-9(11(21)18-12-20-19-6(2)24-12)8(14)4-7(13(15,16)17)10(5)25(3,22)23/h4H,1-3H3,(H,18,20,21). The number of nitrogens with zero attached hydrogens (tertiary/aromatic N) is 2. The van der Waals surface area contributed by atoms with E-state index >= 15 is 0 Å². The zero-order valence-corrected chi connectivity index (χ0v) is 13.8. The predicted molar refractivity (Wildman–Crippen MR) is 76.2 cm³/mol. The van der Waals surface area contributed by atoms with Gasteiger partial charge in [0.1, 0.15) is 5.82 Å². The molecule has 0 atom stereocenters. The third-order valence-electron chi connectivity index (χ3n) is 3.12. The molecule has 7 nitrogen and oxygen atoms in total. The van der Waals surface area contributed by atoms with Gasteiger partial charge in [-0.05, 0) is 18.6 Å². The average molecular weight is 381 g/mol. The molecule has 0 saturated carbocycles. The van der Waals surface area contributed by atoms with E-state index in [1.165, 1.54) is 6.92 Å². The first-order valence-corrected chi connectivity index (χ1v) is 8.43. The molecule has 2 aromatic rings. The van der Waals surface area contributed by atoms with Gasteiger partial charge in [0.25, 0.3) is 5.91 Å². The number of sulfone groups is 1. The van der Waals surface area contributed by atoms with Crippen LogP contribution in [0.1, 0.15) is 27.4 Å². The summed E-state index contributed by atoms with van der Waals surface area (Å²) in [6.07, 6.45) is -4.59. The number of hydrogen-bond acceptors (Lipinski definition) is 6. The van der Waals surface area contributed by atoms with Crippen LogP contribution in [0.15, 0.2) is 15.4 Å². The first-order chi connectivity index (χ1) is 11.3. The minimum atomic E-state index is -5.12. The Hall–Kier alpha value is -2.50. The second-order valence-corrected chi connectivity index (χ2v) is 7.04. The molecule has 25 heavy (non-hydrogen) atoms. The van der Waals surface area contributed by atoms with Gasteiger partial charge >= 0.3 is 12.2 Å². The zero-order chi connectivity index (χ0) is 19.2. The number of benzene rings is 1. The second-order valence-electron chi connectivity index (χ2n) is 5.09. The average Bonchev–Trinajstić information content (AvgIpc) is 2.80. The summed E-state index contributed by atoms with van der Waals surface area (Å²) in [4.78, 5) is 11.0. The van der Waals surface area contributed by atoms with Crippen LogP contribution in [0, 0.1) is 19.7 Å². The van der Waals surface area contributed by atoms with Crippen LogP contribution in [-0.2, 0) is 16.0 Å². The van der Waals surface area contributed by atoms with Crippen LogP contribution < -0.4 is 5.32 Å². The van der Waals surface area contributed by atoms with E-state index < -0.39 is 55.3 Å². The van der Waals surface area contributed by atoms with E-state index in [4.69, 9.17) is 4.42 Å². The van der Waals surface area contributed by atoms with Crippen LogP contribution in [0.2, 0.25) is 0 Å². The third-order valence-corrected chi connectivity index (χ3v) is 4.39. The van der Waals surface area contributed by atoms with Crippen molar-refractivity contribution in [2.24, 2.45) is 0 Å². The molecule has 136 valence electrons. The van der Waals surface area contributed by atoms with Crippen LogP contribution in [0.25, 0.3) is 0 Å². The molecule has 0 radical (unpaired) electrons. The molecule has 1 N–H and O–H groups in total. The Kier molecular flexibility index (Phi) is 4.59. The fourth-order valence-corrected chi connectivity index (χ4v) is 3.47. The van der Waals surface area contributed by atoms with Crippen molar-refractivity contribution in [1.82, 2.24) is 10.2 Å². The van der Waals surface area contributed by atoms with Crippen molar-refractivity contribution in [2.45, 2.75) is 24.9 Å². The largest absolute Gasteiger partial charge is 0.417 e. The van der Waals surface area contributed by atoms with Gasteiger partial charge in [-0.15, -0.1) is 5.10 Å². The Labute approximate surface area is 139 Å². The lowest BCUT2D eigenvalue weighted by molar-refractivity contribution is -0.140. The predicted octanol–water partition coefficient (Wildman–Crippen LogP) is 2.50. The molecular formula is C13H11F4N3O4S. The minimum Gasteiger partial charge on any atom is -0.408 e. The Balaban J connectivity index is 2.65. The Morgan fingerprint density at radius 3 is 2.28 bits per heavy atom. The van der Waals surface area contributed by atoms with Crippen molar-refractivity contribution in [3.05, 3.63) is 34.5 Å². The fourth-order valence-electron chi connectivity index (χ4n) is 2.23. The molecule has 1 aromatic carbocycles. The number of rotatable bonds is 3. The second kappa shape index (κ2) is 6.10. The highest BCUT2D eigenvalue weighted by Gasteiger charge is 2.39. The van der Waals surface area contributed by atoms with Crippen molar-refractivity contribution >= 4 is 21.8 Å². The highest BCUT2D eigenvalue weighted by atomic mass is 32.2. The number of hydrogen-bond donors (Lipinski definition) is 1. The van der Waals surface area contributed by atoms with Gasteiger partial charge in [0.2, 0.25) is 5.89 Å². The van der Waals surface area contributed by atoms with Crippen LogP contribution in [-0.4, -0.2) is 30.8 Å². The molecule has 0 saturated heterocycles. The summed E-state index contributed by atoms with van der Waals surface area (Å²) in [5, 5.41) is 8.84. The number of alkyl halides is 3. The van der Waals surface area contributed by atoms with E-state index in [9.17, 15) is 30.8 Å². The summed E-state index contributed by atoms with van der Waals surface area (Å²) in [5.41, 5.74) is -3.23. The highest BCUT2D eigenvalue weighted by molar-refractivity contribution is 7.90. The maximum absolute atomic E-state index is 14.1. The number of carbonyl (C=O) groups is 1.